The molecule has 2 N–H and O–H groups in total. The molecule has 4 unspecified atom stereocenters. The first kappa shape index (κ1) is 20.3. The molecule has 4 heteroatoms. The summed E-state index contributed by atoms with van der Waals surface area (Å²) in [6.07, 6.45) is 3.16. The normalized spacial score (nSPS) is 30.6. The number of amides is 1. The molecule has 2 aliphatic rings. The maximum absolute atomic E-state index is 12.7. The summed E-state index contributed by atoms with van der Waals surface area (Å²) >= 11 is 0. The molecule has 0 aliphatic carbocycles. The molecule has 1 aromatic rings. The van der Waals surface area contributed by atoms with Crippen LogP contribution in [0.15, 0.2) is 30.3 Å². The van der Waals surface area contributed by atoms with Gasteiger partial charge in [-0.1, -0.05) is 51.1 Å². The molecule has 150 valence electrons. The zero-order valence-electron chi connectivity index (χ0n) is 17.3. The fraction of sp³-hybridized carbons (Fsp3) is 0.696. The predicted molar refractivity (Wildman–Crippen MR) is 111 cm³/mol. The van der Waals surface area contributed by atoms with Crippen LogP contribution in [0.4, 0.5) is 0 Å². The summed E-state index contributed by atoms with van der Waals surface area (Å²) in [5.41, 5.74) is 1.37. The molecule has 0 aromatic heterocycles. The van der Waals surface area contributed by atoms with Crippen LogP contribution in [0, 0.1) is 23.7 Å². The molecule has 2 fully saturated rings. The molecule has 4 atom stereocenters. The van der Waals surface area contributed by atoms with Crippen LogP contribution in [0.5, 0.6) is 0 Å². The Bertz CT molecular complexity index is 573. The maximum Gasteiger partial charge on any atom is 0.220 e. The Morgan fingerprint density at radius 1 is 1.22 bits per heavy atom. The van der Waals surface area contributed by atoms with Gasteiger partial charge in [0.25, 0.3) is 0 Å². The lowest BCUT2D eigenvalue weighted by Crippen LogP contribution is -2.54. The number of likely N-dealkylation sites (tertiary alicyclic amines) is 1. The van der Waals surface area contributed by atoms with E-state index in [1.54, 1.807) is 0 Å². The van der Waals surface area contributed by atoms with E-state index >= 15 is 0 Å². The molecule has 3 rings (SSSR count). The van der Waals surface area contributed by atoms with E-state index in [1.165, 1.54) is 18.4 Å². The quantitative estimate of drug-likeness (QED) is 0.806. The number of hydrogen-bond acceptors (Lipinski definition) is 3. The van der Waals surface area contributed by atoms with E-state index in [1.807, 2.05) is 0 Å². The highest BCUT2D eigenvalue weighted by Crippen LogP contribution is 2.25. The van der Waals surface area contributed by atoms with Gasteiger partial charge in [0.05, 0.1) is 0 Å². The third kappa shape index (κ3) is 5.79. The van der Waals surface area contributed by atoms with Gasteiger partial charge in [0.15, 0.2) is 0 Å². The first-order valence-corrected chi connectivity index (χ1v) is 10.8. The van der Waals surface area contributed by atoms with Crippen molar-refractivity contribution < 1.29 is 4.79 Å². The molecule has 0 bridgehead atoms. The Labute approximate surface area is 165 Å². The SMILES string of the molecule is CC(CC(=O)NC1C(C)CN(Cc2ccccc2)CC1C)C1CCCNC1. The second kappa shape index (κ2) is 9.70. The lowest BCUT2D eigenvalue weighted by Gasteiger charge is -2.42. The Hall–Kier alpha value is -1.39. The van der Waals surface area contributed by atoms with E-state index in [2.05, 4.69) is 66.6 Å². The van der Waals surface area contributed by atoms with Gasteiger partial charge in [0.1, 0.15) is 0 Å². The third-order valence-corrected chi connectivity index (χ3v) is 6.54. The van der Waals surface area contributed by atoms with Gasteiger partial charge in [-0.3, -0.25) is 9.69 Å². The first-order valence-electron chi connectivity index (χ1n) is 10.8. The van der Waals surface area contributed by atoms with Gasteiger partial charge in [0, 0.05) is 32.1 Å². The summed E-state index contributed by atoms with van der Waals surface area (Å²) < 4.78 is 0. The smallest absolute Gasteiger partial charge is 0.220 e. The minimum atomic E-state index is 0.244. The summed E-state index contributed by atoms with van der Waals surface area (Å²) in [4.78, 5) is 15.2. The Balaban J connectivity index is 1.48. The van der Waals surface area contributed by atoms with Gasteiger partial charge < -0.3 is 10.6 Å². The number of carbonyl (C=O) groups excluding carboxylic acids is 1. The number of carbonyl (C=O) groups is 1. The number of rotatable bonds is 6. The summed E-state index contributed by atoms with van der Waals surface area (Å²) in [5, 5.41) is 6.86. The van der Waals surface area contributed by atoms with E-state index in [0.29, 0.717) is 36.1 Å². The van der Waals surface area contributed by atoms with Gasteiger partial charge in [-0.15, -0.1) is 0 Å². The van der Waals surface area contributed by atoms with Crippen LogP contribution in [0.2, 0.25) is 0 Å². The largest absolute Gasteiger partial charge is 0.353 e. The Morgan fingerprint density at radius 2 is 1.93 bits per heavy atom. The fourth-order valence-corrected chi connectivity index (χ4v) is 5.00. The maximum atomic E-state index is 12.7. The van der Waals surface area contributed by atoms with Crippen molar-refractivity contribution in [1.29, 1.82) is 0 Å². The highest BCUT2D eigenvalue weighted by Gasteiger charge is 2.33. The second-order valence-corrected chi connectivity index (χ2v) is 9.02. The molecular formula is C23H37N3O. The van der Waals surface area contributed by atoms with Crippen molar-refractivity contribution in [1.82, 2.24) is 15.5 Å². The number of benzene rings is 1. The molecule has 4 nitrogen and oxygen atoms in total. The average molecular weight is 372 g/mol. The number of nitrogens with zero attached hydrogens (tertiary/aromatic N) is 1. The van der Waals surface area contributed by atoms with Crippen LogP contribution in [-0.4, -0.2) is 43.0 Å². The van der Waals surface area contributed by atoms with Gasteiger partial charge in [-0.05, 0) is 55.2 Å². The molecule has 1 aromatic carbocycles. The van der Waals surface area contributed by atoms with E-state index < -0.39 is 0 Å². The summed E-state index contributed by atoms with van der Waals surface area (Å²) in [5.74, 6) is 2.31. The van der Waals surface area contributed by atoms with Crippen molar-refractivity contribution in [3.05, 3.63) is 35.9 Å². The highest BCUT2D eigenvalue weighted by molar-refractivity contribution is 5.76. The van der Waals surface area contributed by atoms with Crippen molar-refractivity contribution in [3.8, 4) is 0 Å². The summed E-state index contributed by atoms with van der Waals surface area (Å²) in [7, 11) is 0. The molecule has 2 saturated heterocycles. The van der Waals surface area contributed by atoms with Crippen LogP contribution in [0.25, 0.3) is 0 Å². The van der Waals surface area contributed by atoms with Crippen molar-refractivity contribution in [2.24, 2.45) is 23.7 Å². The standard InChI is InChI=1S/C23H37N3O/c1-17(21-10-7-11-24-13-21)12-22(27)25-23-18(2)14-26(15-19(23)3)16-20-8-5-4-6-9-20/h4-6,8-9,17-19,21,23-24H,7,10-16H2,1-3H3,(H,25,27). The van der Waals surface area contributed by atoms with Crippen molar-refractivity contribution in [3.63, 3.8) is 0 Å². The van der Waals surface area contributed by atoms with Crippen molar-refractivity contribution >= 4 is 5.91 Å². The summed E-state index contributed by atoms with van der Waals surface area (Å²) in [6.45, 7) is 12.1. The van der Waals surface area contributed by atoms with Crippen molar-refractivity contribution in [2.75, 3.05) is 26.2 Å². The fourth-order valence-electron chi connectivity index (χ4n) is 5.00. The zero-order valence-corrected chi connectivity index (χ0v) is 17.3. The first-order chi connectivity index (χ1) is 13.0. The minimum absolute atomic E-state index is 0.244. The lowest BCUT2D eigenvalue weighted by molar-refractivity contribution is -0.124. The third-order valence-electron chi connectivity index (χ3n) is 6.54. The molecule has 0 radical (unpaired) electrons. The average Bonchev–Trinajstić information content (AvgIpc) is 2.66. The molecular weight excluding hydrogens is 334 g/mol. The highest BCUT2D eigenvalue weighted by atomic mass is 16.1. The Morgan fingerprint density at radius 3 is 2.56 bits per heavy atom. The van der Waals surface area contributed by atoms with Crippen molar-refractivity contribution in [2.45, 2.75) is 52.6 Å². The van der Waals surface area contributed by atoms with Crippen LogP contribution in [-0.2, 0) is 11.3 Å². The van der Waals surface area contributed by atoms with E-state index in [-0.39, 0.29) is 5.91 Å². The molecule has 27 heavy (non-hydrogen) atoms. The molecule has 0 spiro atoms. The van der Waals surface area contributed by atoms with Gasteiger partial charge in [0.2, 0.25) is 5.91 Å². The number of piperidine rings is 2. The predicted octanol–water partition coefficient (Wildman–Crippen LogP) is 3.29. The molecule has 2 aliphatic heterocycles. The van der Waals surface area contributed by atoms with Gasteiger partial charge in [-0.25, -0.2) is 0 Å². The molecule has 1 amide bonds. The number of hydrogen-bond donors (Lipinski definition) is 2. The molecule has 0 saturated carbocycles. The van der Waals surface area contributed by atoms with E-state index in [0.717, 1.165) is 32.7 Å². The number of nitrogens with one attached hydrogen (secondary N) is 2. The van der Waals surface area contributed by atoms with Crippen LogP contribution >= 0.6 is 0 Å². The molecule has 2 heterocycles. The zero-order chi connectivity index (χ0) is 19.2. The van der Waals surface area contributed by atoms with Gasteiger partial charge >= 0.3 is 0 Å². The lowest BCUT2D eigenvalue weighted by atomic mass is 9.83. The van der Waals surface area contributed by atoms with Crippen LogP contribution in [0.1, 0.15) is 45.6 Å². The van der Waals surface area contributed by atoms with Gasteiger partial charge in [-0.2, -0.15) is 0 Å². The van der Waals surface area contributed by atoms with Crippen LogP contribution in [0.3, 0.4) is 0 Å². The topological polar surface area (TPSA) is 44.4 Å². The van der Waals surface area contributed by atoms with Crippen LogP contribution < -0.4 is 10.6 Å². The monoisotopic (exact) mass is 371 g/mol. The minimum Gasteiger partial charge on any atom is -0.353 e. The Kier molecular flexibility index (Phi) is 7.31. The summed E-state index contributed by atoms with van der Waals surface area (Å²) in [6, 6.07) is 11.0. The van der Waals surface area contributed by atoms with E-state index in [4.69, 9.17) is 0 Å². The second-order valence-electron chi connectivity index (χ2n) is 9.02. The van der Waals surface area contributed by atoms with E-state index in [9.17, 15) is 4.79 Å².